The first-order chi connectivity index (χ1) is 12.3. The molecular formula is C23H33IrN2O3-. The zero-order chi connectivity index (χ0) is 19.0. The molecule has 4 rings (SSSR count). The molecule has 2 aromatic heterocycles. The van der Waals surface area contributed by atoms with E-state index in [4.69, 9.17) is 0 Å². The van der Waals surface area contributed by atoms with Gasteiger partial charge in [-0.25, -0.2) is 0 Å². The van der Waals surface area contributed by atoms with Gasteiger partial charge in [0.1, 0.15) is 22.5 Å². The van der Waals surface area contributed by atoms with Gasteiger partial charge in [0.2, 0.25) is 0 Å². The number of aromatic nitrogens is 2. The van der Waals surface area contributed by atoms with E-state index < -0.39 is 0 Å². The topological polar surface area (TPSA) is 97.7 Å². The predicted molar refractivity (Wildman–Crippen MR) is 116 cm³/mol. The van der Waals surface area contributed by atoms with Crippen LogP contribution in [0.1, 0.15) is 34.6 Å². The van der Waals surface area contributed by atoms with Crippen molar-refractivity contribution in [2.75, 3.05) is 0 Å². The number of rotatable bonds is 0. The van der Waals surface area contributed by atoms with Gasteiger partial charge in [-0.15, -0.1) is 0 Å². The summed E-state index contributed by atoms with van der Waals surface area (Å²) in [6.45, 7) is 12.0. The van der Waals surface area contributed by atoms with Crippen LogP contribution in [0.3, 0.4) is 0 Å². The monoisotopic (exact) mass is 578 g/mol. The summed E-state index contributed by atoms with van der Waals surface area (Å²) in [6, 6.07) is 6.50. The molecule has 0 aliphatic heterocycles. The zero-order valence-corrected chi connectivity index (χ0v) is 20.4. The Morgan fingerprint density at radius 3 is 1.17 bits per heavy atom. The summed E-state index contributed by atoms with van der Waals surface area (Å²) >= 11 is 0. The second kappa shape index (κ2) is 10.9. The molecular weight excluding hydrogens is 544 g/mol. The van der Waals surface area contributed by atoms with E-state index in [-0.39, 0.29) is 44.5 Å². The summed E-state index contributed by atoms with van der Waals surface area (Å²) in [5.41, 5.74) is 1.18. The van der Waals surface area contributed by atoms with Gasteiger partial charge in [0.05, 0.1) is 0 Å². The summed E-state index contributed by atoms with van der Waals surface area (Å²) in [5.74, 6) is 5.00. The minimum atomic E-state index is 0. The Kier molecular flexibility index (Phi) is 10.2. The summed E-state index contributed by atoms with van der Waals surface area (Å²) in [7, 11) is 0. The summed E-state index contributed by atoms with van der Waals surface area (Å²) in [4.78, 5) is 8.36. The van der Waals surface area contributed by atoms with Crippen molar-refractivity contribution in [1.82, 2.24) is 9.97 Å². The van der Waals surface area contributed by atoms with E-state index in [1.54, 1.807) is 12.1 Å². The number of benzene rings is 1. The summed E-state index contributed by atoms with van der Waals surface area (Å²) in [5, 5.41) is 20.6. The van der Waals surface area contributed by atoms with Crippen molar-refractivity contribution in [2.24, 2.45) is 29.6 Å². The van der Waals surface area contributed by atoms with Crippen LogP contribution in [0.4, 0.5) is 0 Å². The van der Waals surface area contributed by atoms with Crippen LogP contribution in [-0.4, -0.2) is 25.7 Å². The van der Waals surface area contributed by atoms with Crippen LogP contribution in [0.15, 0.2) is 36.7 Å². The molecule has 4 N–H and O–H groups in total. The van der Waals surface area contributed by atoms with Crippen molar-refractivity contribution in [3.05, 3.63) is 44.1 Å². The third-order valence-corrected chi connectivity index (χ3v) is 6.72. The van der Waals surface area contributed by atoms with Gasteiger partial charge in [0.25, 0.3) is 0 Å². The van der Waals surface area contributed by atoms with Crippen molar-refractivity contribution in [2.45, 2.75) is 34.6 Å². The molecule has 2 heterocycles. The third kappa shape index (κ3) is 5.06. The van der Waals surface area contributed by atoms with Gasteiger partial charge >= 0.3 is 0 Å². The molecule has 3 aromatic rings. The molecule has 1 saturated carbocycles. The van der Waals surface area contributed by atoms with Crippen molar-refractivity contribution < 1.29 is 35.8 Å². The fraction of sp³-hybridized carbons (Fsp3) is 0.435. The van der Waals surface area contributed by atoms with Crippen LogP contribution in [0.5, 0.6) is 11.5 Å². The first kappa shape index (κ1) is 27.2. The maximum Gasteiger partial charge on any atom is 0.126 e. The van der Waals surface area contributed by atoms with E-state index in [9.17, 15) is 10.2 Å². The SMILES string of the molecule is CC1C(C)C(C)C(C)C1C.O.Oc1ccnc2c1ccc1c(O)ccnc12.[CH3-].[Ir]. The normalized spacial score (nSPS) is 25.2. The predicted octanol–water partition coefficient (Wildman–Crippen LogP) is 5.00. The van der Waals surface area contributed by atoms with Gasteiger partial charge in [-0.1, -0.05) is 34.6 Å². The summed E-state index contributed by atoms with van der Waals surface area (Å²) in [6.07, 6.45) is 3.03. The Bertz CT molecular complexity index is 829. The van der Waals surface area contributed by atoms with Crippen molar-refractivity contribution in [3.63, 3.8) is 0 Å². The molecule has 0 bridgehead atoms. The quantitative estimate of drug-likeness (QED) is 0.290. The molecule has 0 atom stereocenters. The molecule has 0 saturated heterocycles. The molecule has 1 aliphatic rings. The average molecular weight is 578 g/mol. The van der Waals surface area contributed by atoms with E-state index in [1.807, 2.05) is 0 Å². The molecule has 29 heavy (non-hydrogen) atoms. The van der Waals surface area contributed by atoms with Crippen LogP contribution < -0.4 is 0 Å². The Labute approximate surface area is 187 Å². The van der Waals surface area contributed by atoms with Gasteiger partial charge in [0, 0.05) is 43.3 Å². The van der Waals surface area contributed by atoms with Crippen LogP contribution in [0, 0.1) is 37.0 Å². The first-order valence-electron chi connectivity index (χ1n) is 9.37. The molecule has 1 aromatic carbocycles. The van der Waals surface area contributed by atoms with Crippen molar-refractivity contribution in [3.8, 4) is 11.5 Å². The zero-order valence-electron chi connectivity index (χ0n) is 18.0. The smallest absolute Gasteiger partial charge is 0.126 e. The molecule has 1 aliphatic carbocycles. The number of fused-ring (bicyclic) bond motifs is 3. The molecule has 0 amide bonds. The van der Waals surface area contributed by atoms with E-state index in [0.29, 0.717) is 21.8 Å². The number of pyridine rings is 2. The van der Waals surface area contributed by atoms with Gasteiger partial charge in [-0.05, 0) is 53.9 Å². The molecule has 0 spiro atoms. The number of hydrogen-bond donors (Lipinski definition) is 2. The third-order valence-electron chi connectivity index (χ3n) is 6.72. The number of aromatic hydroxyl groups is 2. The minimum Gasteiger partial charge on any atom is -0.507 e. The van der Waals surface area contributed by atoms with Crippen LogP contribution in [0.25, 0.3) is 21.8 Å². The van der Waals surface area contributed by atoms with E-state index in [2.05, 4.69) is 44.6 Å². The van der Waals surface area contributed by atoms with Gasteiger partial charge < -0.3 is 23.1 Å². The maximum atomic E-state index is 9.67. The van der Waals surface area contributed by atoms with E-state index >= 15 is 0 Å². The fourth-order valence-electron chi connectivity index (χ4n) is 4.19. The molecule has 1 radical (unpaired) electrons. The van der Waals surface area contributed by atoms with Crippen molar-refractivity contribution >= 4 is 21.8 Å². The molecule has 1 fully saturated rings. The summed E-state index contributed by atoms with van der Waals surface area (Å²) < 4.78 is 0. The second-order valence-electron chi connectivity index (χ2n) is 7.81. The molecule has 163 valence electrons. The average Bonchev–Trinajstić information content (AvgIpc) is 2.81. The minimum absolute atomic E-state index is 0. The molecule has 5 nitrogen and oxygen atoms in total. The Morgan fingerprint density at radius 2 is 0.897 bits per heavy atom. The van der Waals surface area contributed by atoms with E-state index in [0.717, 1.165) is 29.6 Å². The Balaban J connectivity index is 0.000000535. The maximum absolute atomic E-state index is 9.67. The standard InChI is InChI=1S/C12H8N2O2.C10H20.CH3.Ir.H2O/c15-9-3-5-13-11-7(9)1-2-8-10(16)4-6-14-12(8)11;1-6-7(2)9(4)10(5)8(6)3;;;/h1-6H,(H,13,15)(H,14,16);6-10H,1-5H3;1H3;;1H2/q;;-1;;. The van der Waals surface area contributed by atoms with Gasteiger partial charge in [0.15, 0.2) is 0 Å². The first-order valence-corrected chi connectivity index (χ1v) is 9.37. The number of hydrogen-bond acceptors (Lipinski definition) is 4. The number of nitrogens with zero attached hydrogens (tertiary/aromatic N) is 2. The van der Waals surface area contributed by atoms with Crippen LogP contribution in [0.2, 0.25) is 0 Å². The van der Waals surface area contributed by atoms with Crippen LogP contribution >= 0.6 is 0 Å². The van der Waals surface area contributed by atoms with Gasteiger partial charge in [-0.2, -0.15) is 0 Å². The van der Waals surface area contributed by atoms with Gasteiger partial charge in [-0.3, -0.25) is 9.97 Å². The molecule has 6 heteroatoms. The largest absolute Gasteiger partial charge is 0.507 e. The van der Waals surface area contributed by atoms with Crippen molar-refractivity contribution in [1.29, 1.82) is 0 Å². The van der Waals surface area contributed by atoms with Crippen LogP contribution in [-0.2, 0) is 20.1 Å². The fourth-order valence-corrected chi connectivity index (χ4v) is 4.19. The second-order valence-corrected chi connectivity index (χ2v) is 7.81. The van der Waals surface area contributed by atoms with E-state index in [1.165, 1.54) is 24.5 Å². The molecule has 0 unspecified atom stereocenters. The Morgan fingerprint density at radius 1 is 0.621 bits per heavy atom. The Hall–Kier alpha value is -1.75.